The first-order valence-electron chi connectivity index (χ1n) is 4.08. The lowest BCUT2D eigenvalue weighted by molar-refractivity contribution is 0.614. The van der Waals surface area contributed by atoms with Crippen LogP contribution in [0.1, 0.15) is 10.6 Å². The quantitative estimate of drug-likeness (QED) is 0.765. The monoisotopic (exact) mass is 227 g/mol. The van der Waals surface area contributed by atoms with Crippen molar-refractivity contribution in [3.63, 3.8) is 0 Å². The van der Waals surface area contributed by atoms with Gasteiger partial charge in [-0.15, -0.1) is 11.3 Å². The van der Waals surface area contributed by atoms with Crippen molar-refractivity contribution >= 4 is 22.9 Å². The number of rotatable bonds is 2. The number of halogens is 2. The Morgan fingerprint density at radius 2 is 2.29 bits per heavy atom. The van der Waals surface area contributed by atoms with Gasteiger partial charge in [-0.25, -0.2) is 9.37 Å². The molecule has 0 fully saturated rings. The smallest absolute Gasteiger partial charge is 0.145 e. The number of thiazole rings is 1. The van der Waals surface area contributed by atoms with E-state index in [0.29, 0.717) is 12.0 Å². The van der Waals surface area contributed by atoms with Crippen molar-refractivity contribution in [2.45, 2.75) is 6.42 Å². The van der Waals surface area contributed by atoms with Crippen molar-refractivity contribution in [2.75, 3.05) is 0 Å². The maximum absolute atomic E-state index is 13.4. The molecule has 14 heavy (non-hydrogen) atoms. The van der Waals surface area contributed by atoms with Gasteiger partial charge in [-0.3, -0.25) is 0 Å². The van der Waals surface area contributed by atoms with Crippen molar-refractivity contribution in [3.05, 3.63) is 51.2 Å². The van der Waals surface area contributed by atoms with Crippen LogP contribution in [0.2, 0.25) is 5.02 Å². The van der Waals surface area contributed by atoms with Gasteiger partial charge in [0, 0.05) is 18.0 Å². The zero-order valence-corrected chi connectivity index (χ0v) is 8.78. The summed E-state index contributed by atoms with van der Waals surface area (Å²) in [6.07, 6.45) is 2.21. The molecule has 1 heterocycles. The molecule has 1 nitrogen and oxygen atoms in total. The van der Waals surface area contributed by atoms with Crippen LogP contribution in [0.4, 0.5) is 4.39 Å². The van der Waals surface area contributed by atoms with Crippen LogP contribution < -0.4 is 0 Å². The minimum absolute atomic E-state index is 0.166. The lowest BCUT2D eigenvalue weighted by Gasteiger charge is -2.01. The highest BCUT2D eigenvalue weighted by Gasteiger charge is 2.07. The lowest BCUT2D eigenvalue weighted by atomic mass is 10.1. The Morgan fingerprint density at radius 3 is 3.00 bits per heavy atom. The van der Waals surface area contributed by atoms with E-state index in [1.165, 1.54) is 11.3 Å². The summed E-state index contributed by atoms with van der Waals surface area (Å²) in [5.74, 6) is -0.343. The van der Waals surface area contributed by atoms with E-state index >= 15 is 0 Å². The minimum atomic E-state index is -0.343. The molecule has 0 spiro atoms. The Hall–Kier alpha value is -0.930. The molecule has 0 N–H and O–H groups in total. The molecule has 2 aromatic rings. The standard InChI is InChI=1S/C10H7ClFNS/c11-8-3-1-2-7(10(8)12)6-9-13-4-5-14-9/h1-5H,6H2. The maximum atomic E-state index is 13.4. The number of hydrogen-bond donors (Lipinski definition) is 0. The molecule has 0 saturated carbocycles. The number of hydrogen-bond acceptors (Lipinski definition) is 2. The predicted octanol–water partition coefficient (Wildman–Crippen LogP) is 3.53. The Balaban J connectivity index is 2.29. The van der Waals surface area contributed by atoms with Crippen LogP contribution in [0.5, 0.6) is 0 Å². The second-order valence-electron chi connectivity index (χ2n) is 2.82. The van der Waals surface area contributed by atoms with Crippen molar-refractivity contribution in [1.29, 1.82) is 0 Å². The fraction of sp³-hybridized carbons (Fsp3) is 0.100. The van der Waals surface area contributed by atoms with E-state index in [9.17, 15) is 4.39 Å². The molecule has 0 aliphatic rings. The average Bonchev–Trinajstić information content (AvgIpc) is 2.66. The van der Waals surface area contributed by atoms with E-state index in [0.717, 1.165) is 5.01 Å². The SMILES string of the molecule is Fc1c(Cl)cccc1Cc1nccs1. The fourth-order valence-electron chi connectivity index (χ4n) is 1.19. The van der Waals surface area contributed by atoms with E-state index in [1.807, 2.05) is 5.38 Å². The Morgan fingerprint density at radius 1 is 1.43 bits per heavy atom. The Kier molecular flexibility index (Phi) is 2.79. The summed E-state index contributed by atoms with van der Waals surface area (Å²) in [5.41, 5.74) is 0.590. The highest BCUT2D eigenvalue weighted by Crippen LogP contribution is 2.21. The Bertz CT molecular complexity index is 428. The summed E-state index contributed by atoms with van der Waals surface area (Å²) in [6, 6.07) is 5.01. The van der Waals surface area contributed by atoms with Crippen LogP contribution in [0.3, 0.4) is 0 Å². The Labute approximate surface area is 90.2 Å². The summed E-state index contributed by atoms with van der Waals surface area (Å²) in [6.45, 7) is 0. The first kappa shape index (κ1) is 9.62. The topological polar surface area (TPSA) is 12.9 Å². The summed E-state index contributed by atoms with van der Waals surface area (Å²) >= 11 is 7.17. The van der Waals surface area contributed by atoms with Crippen LogP contribution in [0.15, 0.2) is 29.8 Å². The van der Waals surface area contributed by atoms with Gasteiger partial charge in [0.25, 0.3) is 0 Å². The summed E-state index contributed by atoms with van der Waals surface area (Å²) < 4.78 is 13.4. The van der Waals surface area contributed by atoms with Crippen LogP contribution >= 0.6 is 22.9 Å². The molecule has 0 aliphatic heterocycles. The molecule has 0 aliphatic carbocycles. The van der Waals surface area contributed by atoms with Crippen molar-refractivity contribution in [3.8, 4) is 0 Å². The second kappa shape index (κ2) is 4.07. The van der Waals surface area contributed by atoms with Crippen molar-refractivity contribution in [1.82, 2.24) is 4.98 Å². The maximum Gasteiger partial charge on any atom is 0.145 e. The fourth-order valence-corrected chi connectivity index (χ4v) is 2.02. The van der Waals surface area contributed by atoms with E-state index < -0.39 is 0 Å². The van der Waals surface area contributed by atoms with Gasteiger partial charge in [0.15, 0.2) is 0 Å². The summed E-state index contributed by atoms with van der Waals surface area (Å²) in [4.78, 5) is 4.09. The van der Waals surface area contributed by atoms with Gasteiger partial charge >= 0.3 is 0 Å². The average molecular weight is 228 g/mol. The van der Waals surface area contributed by atoms with E-state index in [-0.39, 0.29) is 10.8 Å². The third-order valence-corrected chi connectivity index (χ3v) is 2.93. The van der Waals surface area contributed by atoms with Crippen molar-refractivity contribution < 1.29 is 4.39 Å². The molecule has 1 aromatic heterocycles. The van der Waals surface area contributed by atoms with Gasteiger partial charge in [0.1, 0.15) is 5.82 Å². The first-order chi connectivity index (χ1) is 6.77. The van der Waals surface area contributed by atoms with Gasteiger partial charge in [-0.1, -0.05) is 23.7 Å². The molecule has 0 unspecified atom stereocenters. The van der Waals surface area contributed by atoms with E-state index in [1.54, 1.807) is 24.4 Å². The molecule has 0 amide bonds. The van der Waals surface area contributed by atoms with Crippen LogP contribution in [0.25, 0.3) is 0 Å². The third-order valence-electron chi connectivity index (χ3n) is 1.86. The molecule has 0 bridgehead atoms. The summed E-state index contributed by atoms with van der Waals surface area (Å²) in [5, 5.41) is 2.93. The zero-order chi connectivity index (χ0) is 9.97. The third kappa shape index (κ3) is 1.94. The second-order valence-corrected chi connectivity index (χ2v) is 4.20. The first-order valence-corrected chi connectivity index (χ1v) is 5.34. The molecule has 0 radical (unpaired) electrons. The number of aromatic nitrogens is 1. The number of benzene rings is 1. The van der Waals surface area contributed by atoms with Gasteiger partial charge in [0.05, 0.1) is 10.0 Å². The number of nitrogens with zero attached hydrogens (tertiary/aromatic N) is 1. The van der Waals surface area contributed by atoms with E-state index in [4.69, 9.17) is 11.6 Å². The molecule has 4 heteroatoms. The molecular weight excluding hydrogens is 221 g/mol. The van der Waals surface area contributed by atoms with Gasteiger partial charge in [0.2, 0.25) is 0 Å². The molecular formula is C10H7ClFNS. The lowest BCUT2D eigenvalue weighted by Crippen LogP contribution is -1.92. The predicted molar refractivity (Wildman–Crippen MR) is 56.3 cm³/mol. The molecule has 2 rings (SSSR count). The van der Waals surface area contributed by atoms with Crippen LogP contribution in [-0.2, 0) is 6.42 Å². The van der Waals surface area contributed by atoms with Crippen LogP contribution in [0, 0.1) is 5.82 Å². The normalized spacial score (nSPS) is 10.4. The van der Waals surface area contributed by atoms with E-state index in [2.05, 4.69) is 4.98 Å². The van der Waals surface area contributed by atoms with Gasteiger partial charge in [-0.05, 0) is 11.6 Å². The van der Waals surface area contributed by atoms with Gasteiger partial charge < -0.3 is 0 Å². The summed E-state index contributed by atoms with van der Waals surface area (Å²) in [7, 11) is 0. The largest absolute Gasteiger partial charge is 0.249 e. The molecule has 0 saturated heterocycles. The van der Waals surface area contributed by atoms with Crippen LogP contribution in [-0.4, -0.2) is 4.98 Å². The highest BCUT2D eigenvalue weighted by atomic mass is 35.5. The highest BCUT2D eigenvalue weighted by molar-refractivity contribution is 7.09. The van der Waals surface area contributed by atoms with Gasteiger partial charge in [-0.2, -0.15) is 0 Å². The molecule has 72 valence electrons. The molecule has 1 aromatic carbocycles. The molecule has 0 atom stereocenters. The zero-order valence-electron chi connectivity index (χ0n) is 7.21. The van der Waals surface area contributed by atoms with Crippen molar-refractivity contribution in [2.24, 2.45) is 0 Å². The minimum Gasteiger partial charge on any atom is -0.249 e.